The number of esters is 1. The van der Waals surface area contributed by atoms with E-state index in [4.69, 9.17) is 14.6 Å². The van der Waals surface area contributed by atoms with Gasteiger partial charge in [-0.1, -0.05) is 25.1 Å². The largest absolute Gasteiger partial charge is 0.497 e. The van der Waals surface area contributed by atoms with Crippen molar-refractivity contribution < 1.29 is 22.7 Å². The summed E-state index contributed by atoms with van der Waals surface area (Å²) in [5.74, 6) is 0.413. The molecule has 2 atom stereocenters. The molecule has 0 bridgehead atoms. The monoisotopic (exact) mass is 375 g/mol. The SMILES string of the molecule is COC1=C(C)C(C)C(C2=C(c3ccc(S(N)(=O)=O)cc3)COC2=O)C=C1. The van der Waals surface area contributed by atoms with Gasteiger partial charge in [-0.2, -0.15) is 0 Å². The number of primary sulfonamides is 1. The van der Waals surface area contributed by atoms with E-state index < -0.39 is 10.0 Å². The first kappa shape index (κ1) is 18.4. The van der Waals surface area contributed by atoms with Crippen LogP contribution in [0.2, 0.25) is 0 Å². The summed E-state index contributed by atoms with van der Waals surface area (Å²) < 4.78 is 33.5. The third kappa shape index (κ3) is 3.20. The van der Waals surface area contributed by atoms with Gasteiger partial charge in [-0.25, -0.2) is 18.4 Å². The van der Waals surface area contributed by atoms with E-state index in [1.807, 2.05) is 26.0 Å². The molecule has 0 aromatic heterocycles. The van der Waals surface area contributed by atoms with Crippen LogP contribution in [0.15, 0.2) is 58.2 Å². The number of sulfonamides is 1. The molecule has 0 spiro atoms. The molecule has 0 saturated heterocycles. The molecule has 1 aliphatic heterocycles. The minimum atomic E-state index is -3.76. The number of hydrogen-bond donors (Lipinski definition) is 1. The van der Waals surface area contributed by atoms with Crippen molar-refractivity contribution in [2.45, 2.75) is 18.7 Å². The third-order valence-corrected chi connectivity index (χ3v) is 5.97. The van der Waals surface area contributed by atoms with E-state index in [1.54, 1.807) is 19.2 Å². The summed E-state index contributed by atoms with van der Waals surface area (Å²) >= 11 is 0. The molecular formula is C19H21NO5S. The Morgan fingerprint density at radius 1 is 1.23 bits per heavy atom. The molecule has 6 nitrogen and oxygen atoms in total. The second-order valence-corrected chi connectivity index (χ2v) is 8.02. The summed E-state index contributed by atoms with van der Waals surface area (Å²) in [6, 6.07) is 6.17. The van der Waals surface area contributed by atoms with Gasteiger partial charge in [0.1, 0.15) is 12.4 Å². The van der Waals surface area contributed by atoms with Gasteiger partial charge in [0.25, 0.3) is 0 Å². The summed E-state index contributed by atoms with van der Waals surface area (Å²) in [4.78, 5) is 12.4. The van der Waals surface area contributed by atoms with Gasteiger partial charge in [0, 0.05) is 11.5 Å². The van der Waals surface area contributed by atoms with Crippen LogP contribution in [0.5, 0.6) is 0 Å². The molecule has 26 heavy (non-hydrogen) atoms. The lowest BCUT2D eigenvalue weighted by Crippen LogP contribution is -2.21. The average molecular weight is 375 g/mol. The van der Waals surface area contributed by atoms with E-state index in [-0.39, 0.29) is 29.3 Å². The number of ether oxygens (including phenoxy) is 2. The predicted octanol–water partition coefficient (Wildman–Crippen LogP) is 2.39. The molecule has 0 saturated carbocycles. The summed E-state index contributed by atoms with van der Waals surface area (Å²) in [6.45, 7) is 4.20. The van der Waals surface area contributed by atoms with Crippen molar-refractivity contribution in [1.29, 1.82) is 0 Å². The predicted molar refractivity (Wildman–Crippen MR) is 97.2 cm³/mol. The highest BCUT2D eigenvalue weighted by Crippen LogP contribution is 2.40. The topological polar surface area (TPSA) is 95.7 Å². The Labute approximate surface area is 153 Å². The van der Waals surface area contributed by atoms with Gasteiger partial charge in [-0.3, -0.25) is 0 Å². The van der Waals surface area contributed by atoms with Gasteiger partial charge in [-0.05, 0) is 42.2 Å². The zero-order valence-corrected chi connectivity index (χ0v) is 15.7. The van der Waals surface area contributed by atoms with E-state index >= 15 is 0 Å². The van der Waals surface area contributed by atoms with Crippen LogP contribution in [0.4, 0.5) is 0 Å². The molecule has 0 fully saturated rings. The summed E-state index contributed by atoms with van der Waals surface area (Å²) in [5.41, 5.74) is 3.19. The van der Waals surface area contributed by atoms with Crippen molar-refractivity contribution in [3.8, 4) is 0 Å². The third-order valence-electron chi connectivity index (χ3n) is 5.04. The molecular weight excluding hydrogens is 354 g/mol. The molecule has 1 aliphatic carbocycles. The molecule has 0 amide bonds. The summed E-state index contributed by atoms with van der Waals surface area (Å²) in [7, 11) is -2.14. The van der Waals surface area contributed by atoms with E-state index in [1.165, 1.54) is 12.1 Å². The number of allylic oxidation sites excluding steroid dienone is 3. The minimum Gasteiger partial charge on any atom is -0.497 e. The van der Waals surface area contributed by atoms with Crippen molar-refractivity contribution in [3.63, 3.8) is 0 Å². The molecule has 7 heteroatoms. The Hall–Kier alpha value is -2.38. The number of nitrogens with two attached hydrogens (primary N) is 1. The highest BCUT2D eigenvalue weighted by molar-refractivity contribution is 7.89. The quantitative estimate of drug-likeness (QED) is 0.815. The van der Waals surface area contributed by atoms with Crippen LogP contribution < -0.4 is 5.14 Å². The normalized spacial score (nSPS) is 23.5. The molecule has 1 aromatic carbocycles. The first-order chi connectivity index (χ1) is 12.2. The van der Waals surface area contributed by atoms with Crippen molar-refractivity contribution in [1.82, 2.24) is 0 Å². The maximum absolute atomic E-state index is 12.4. The average Bonchev–Trinajstić information content (AvgIpc) is 2.98. The van der Waals surface area contributed by atoms with Gasteiger partial charge in [0.05, 0.1) is 17.6 Å². The number of cyclic esters (lactones) is 1. The molecule has 2 unspecified atom stereocenters. The molecule has 2 aliphatic rings. The molecule has 1 heterocycles. The maximum Gasteiger partial charge on any atom is 0.335 e. The van der Waals surface area contributed by atoms with Crippen LogP contribution in [-0.4, -0.2) is 28.1 Å². The van der Waals surface area contributed by atoms with Gasteiger partial charge < -0.3 is 9.47 Å². The number of carbonyl (C=O) groups is 1. The van der Waals surface area contributed by atoms with Gasteiger partial charge in [0.15, 0.2) is 0 Å². The van der Waals surface area contributed by atoms with Crippen LogP contribution in [-0.2, 0) is 24.3 Å². The Morgan fingerprint density at radius 3 is 2.46 bits per heavy atom. The summed E-state index contributed by atoms with van der Waals surface area (Å²) in [5, 5.41) is 5.14. The maximum atomic E-state index is 12.4. The van der Waals surface area contributed by atoms with Crippen molar-refractivity contribution in [2.24, 2.45) is 17.0 Å². The molecule has 1 aromatic rings. The number of rotatable bonds is 4. The smallest absolute Gasteiger partial charge is 0.335 e. The van der Waals surface area contributed by atoms with Gasteiger partial charge >= 0.3 is 5.97 Å². The number of benzene rings is 1. The van der Waals surface area contributed by atoms with E-state index in [9.17, 15) is 13.2 Å². The highest BCUT2D eigenvalue weighted by Gasteiger charge is 2.36. The number of methoxy groups -OCH3 is 1. The van der Waals surface area contributed by atoms with Crippen LogP contribution in [0.3, 0.4) is 0 Å². The Bertz CT molecular complexity index is 939. The van der Waals surface area contributed by atoms with Crippen LogP contribution in [0, 0.1) is 11.8 Å². The lowest BCUT2D eigenvalue weighted by molar-refractivity contribution is -0.136. The number of carbonyl (C=O) groups excluding carboxylic acids is 1. The Morgan fingerprint density at radius 2 is 1.88 bits per heavy atom. The van der Waals surface area contributed by atoms with E-state index in [0.29, 0.717) is 5.57 Å². The van der Waals surface area contributed by atoms with Crippen LogP contribution in [0.1, 0.15) is 19.4 Å². The molecule has 138 valence electrons. The Kier molecular flexibility index (Phi) is 4.77. The lowest BCUT2D eigenvalue weighted by atomic mass is 9.77. The van der Waals surface area contributed by atoms with Crippen molar-refractivity contribution in [3.05, 3.63) is 58.9 Å². The fourth-order valence-electron chi connectivity index (χ4n) is 3.40. The Balaban J connectivity index is 2.03. The zero-order chi connectivity index (χ0) is 19.1. The molecule has 3 rings (SSSR count). The fourth-order valence-corrected chi connectivity index (χ4v) is 3.91. The van der Waals surface area contributed by atoms with Gasteiger partial charge in [0.2, 0.25) is 10.0 Å². The first-order valence-electron chi connectivity index (χ1n) is 8.20. The summed E-state index contributed by atoms with van der Waals surface area (Å²) in [6.07, 6.45) is 3.83. The number of hydrogen-bond acceptors (Lipinski definition) is 5. The minimum absolute atomic E-state index is 0.0306. The first-order valence-corrected chi connectivity index (χ1v) is 9.75. The second-order valence-electron chi connectivity index (χ2n) is 6.46. The van der Waals surface area contributed by atoms with Crippen molar-refractivity contribution >= 4 is 21.6 Å². The molecule has 0 radical (unpaired) electrons. The van der Waals surface area contributed by atoms with E-state index in [0.717, 1.165) is 22.5 Å². The van der Waals surface area contributed by atoms with Crippen LogP contribution >= 0.6 is 0 Å². The molecule has 2 N–H and O–H groups in total. The van der Waals surface area contributed by atoms with E-state index in [2.05, 4.69) is 0 Å². The van der Waals surface area contributed by atoms with Gasteiger partial charge in [-0.15, -0.1) is 0 Å². The standard InChI is InChI=1S/C19H21NO5S/c1-11-12(2)17(24-3)9-8-15(11)18-16(10-25-19(18)21)13-4-6-14(7-5-13)26(20,22)23/h4-9,11,15H,10H2,1-3H3,(H2,20,22,23). The van der Waals surface area contributed by atoms with Crippen LogP contribution in [0.25, 0.3) is 5.57 Å². The highest BCUT2D eigenvalue weighted by atomic mass is 32.2. The zero-order valence-electron chi connectivity index (χ0n) is 14.9. The second kappa shape index (κ2) is 6.74. The van der Waals surface area contributed by atoms with Crippen molar-refractivity contribution in [2.75, 3.05) is 13.7 Å². The fraction of sp³-hybridized carbons (Fsp3) is 0.316. The lowest BCUT2D eigenvalue weighted by Gasteiger charge is -2.27.